The number of amides is 1. The molecule has 0 saturated carbocycles. The predicted molar refractivity (Wildman–Crippen MR) is 85.8 cm³/mol. The molecule has 0 fully saturated rings. The van der Waals surface area contributed by atoms with Crippen molar-refractivity contribution in [3.05, 3.63) is 35.5 Å². The largest absolute Gasteiger partial charge is 0.493 e. The molecule has 0 aliphatic carbocycles. The Kier molecular flexibility index (Phi) is 4.60. The molecular weight excluding hydrogens is 280 g/mol. The number of anilines is 1. The Labute approximate surface area is 129 Å². The number of hydrogen-bond donors (Lipinski definition) is 1. The highest BCUT2D eigenvalue weighted by atomic mass is 16.5. The minimum atomic E-state index is -0.168. The van der Waals surface area contributed by atoms with Crippen LogP contribution in [0.15, 0.2) is 24.3 Å². The number of nitrogen functional groups attached to an aromatic ring is 1. The van der Waals surface area contributed by atoms with E-state index in [4.69, 9.17) is 10.5 Å². The highest BCUT2D eigenvalue weighted by Crippen LogP contribution is 2.32. The van der Waals surface area contributed by atoms with E-state index < -0.39 is 0 Å². The summed E-state index contributed by atoms with van der Waals surface area (Å²) < 4.78 is 5.64. The summed E-state index contributed by atoms with van der Waals surface area (Å²) in [6, 6.07) is 7.45. The van der Waals surface area contributed by atoms with E-state index in [-0.39, 0.29) is 11.9 Å². The van der Waals surface area contributed by atoms with Gasteiger partial charge in [0.25, 0.3) is 5.91 Å². The zero-order valence-electron chi connectivity index (χ0n) is 13.3. The van der Waals surface area contributed by atoms with Crippen LogP contribution < -0.4 is 10.5 Å². The van der Waals surface area contributed by atoms with E-state index in [1.807, 2.05) is 31.2 Å². The first-order valence-electron chi connectivity index (χ1n) is 7.03. The van der Waals surface area contributed by atoms with Crippen LogP contribution in [0.5, 0.6) is 5.75 Å². The highest BCUT2D eigenvalue weighted by molar-refractivity contribution is 6.01. The zero-order valence-corrected chi connectivity index (χ0v) is 13.3. The van der Waals surface area contributed by atoms with Gasteiger partial charge in [0.05, 0.1) is 23.6 Å². The lowest BCUT2D eigenvalue weighted by Gasteiger charge is -2.17. The summed E-state index contributed by atoms with van der Waals surface area (Å²) >= 11 is 0. The fraction of sp³-hybridized carbons (Fsp3) is 0.312. The second kappa shape index (κ2) is 6.43. The van der Waals surface area contributed by atoms with E-state index in [9.17, 15) is 4.79 Å². The molecule has 0 bridgehead atoms. The number of para-hydroxylation sites is 1. The second-order valence-corrected chi connectivity index (χ2v) is 5.02. The number of carbonyl (C=O) groups is 1. The van der Waals surface area contributed by atoms with Crippen LogP contribution in [-0.2, 0) is 0 Å². The molecule has 6 heteroatoms. The zero-order chi connectivity index (χ0) is 16.3. The van der Waals surface area contributed by atoms with Gasteiger partial charge in [-0.15, -0.1) is 0 Å². The van der Waals surface area contributed by atoms with Crippen molar-refractivity contribution < 1.29 is 9.53 Å². The van der Waals surface area contributed by atoms with Gasteiger partial charge in [-0.3, -0.25) is 4.79 Å². The van der Waals surface area contributed by atoms with E-state index in [2.05, 4.69) is 9.97 Å². The van der Waals surface area contributed by atoms with E-state index in [1.54, 1.807) is 21.0 Å². The van der Waals surface area contributed by atoms with Crippen molar-refractivity contribution in [3.8, 4) is 17.0 Å². The van der Waals surface area contributed by atoms with E-state index in [0.717, 1.165) is 5.56 Å². The summed E-state index contributed by atoms with van der Waals surface area (Å²) in [6.07, 6.45) is 0. The summed E-state index contributed by atoms with van der Waals surface area (Å²) in [5.41, 5.74) is 7.98. The fourth-order valence-electron chi connectivity index (χ4n) is 2.21. The number of aryl methyl sites for hydroxylation is 1. The molecule has 2 aromatic rings. The van der Waals surface area contributed by atoms with Gasteiger partial charge >= 0.3 is 0 Å². The Bertz CT molecular complexity index is 699. The number of hydrogen-bond acceptors (Lipinski definition) is 5. The van der Waals surface area contributed by atoms with Crippen LogP contribution in [0.2, 0.25) is 0 Å². The summed E-state index contributed by atoms with van der Waals surface area (Å²) in [5.74, 6) is 0.628. The Morgan fingerprint density at radius 2 is 1.95 bits per heavy atom. The molecule has 116 valence electrons. The van der Waals surface area contributed by atoms with Gasteiger partial charge in [0.2, 0.25) is 5.95 Å². The van der Waals surface area contributed by atoms with Gasteiger partial charge in [0.15, 0.2) is 0 Å². The smallest absolute Gasteiger partial charge is 0.257 e. The first kappa shape index (κ1) is 15.8. The molecule has 1 aromatic carbocycles. The maximum absolute atomic E-state index is 12.5. The van der Waals surface area contributed by atoms with Crippen molar-refractivity contribution >= 4 is 11.9 Å². The Morgan fingerprint density at radius 3 is 2.59 bits per heavy atom. The molecule has 2 N–H and O–H groups in total. The normalized spacial score (nSPS) is 10.4. The summed E-state index contributed by atoms with van der Waals surface area (Å²) in [5, 5.41) is 0. The Balaban J connectivity index is 2.72. The Hall–Kier alpha value is -2.63. The lowest BCUT2D eigenvalue weighted by Crippen LogP contribution is -2.24. The molecule has 1 aromatic heterocycles. The second-order valence-electron chi connectivity index (χ2n) is 5.02. The van der Waals surface area contributed by atoms with Crippen LogP contribution in [0.4, 0.5) is 5.95 Å². The van der Waals surface area contributed by atoms with Crippen LogP contribution in [0.25, 0.3) is 11.3 Å². The first-order valence-corrected chi connectivity index (χ1v) is 7.03. The molecule has 1 amide bonds. The van der Waals surface area contributed by atoms with Gasteiger partial charge in [0, 0.05) is 19.7 Å². The standard InChI is InChI=1S/C16H20N4O2/c1-5-22-12-9-7-6-8-11(12)14-13(15(21)20(3)4)10(2)18-16(17)19-14/h6-9H,5H2,1-4H3,(H2,17,18,19). The molecule has 22 heavy (non-hydrogen) atoms. The molecule has 0 spiro atoms. The third-order valence-corrected chi connectivity index (χ3v) is 3.17. The van der Waals surface area contributed by atoms with Crippen molar-refractivity contribution in [1.82, 2.24) is 14.9 Å². The lowest BCUT2D eigenvalue weighted by atomic mass is 10.0. The fourth-order valence-corrected chi connectivity index (χ4v) is 2.21. The van der Waals surface area contributed by atoms with Crippen molar-refractivity contribution in [1.29, 1.82) is 0 Å². The van der Waals surface area contributed by atoms with E-state index in [0.29, 0.717) is 29.3 Å². The molecule has 1 heterocycles. The molecule has 0 aliphatic heterocycles. The number of carbonyl (C=O) groups excluding carboxylic acids is 1. The predicted octanol–water partition coefficient (Wildman–Crippen LogP) is 2.13. The SMILES string of the molecule is CCOc1ccccc1-c1nc(N)nc(C)c1C(=O)N(C)C. The average molecular weight is 300 g/mol. The molecule has 0 radical (unpaired) electrons. The highest BCUT2D eigenvalue weighted by Gasteiger charge is 2.22. The molecule has 2 rings (SSSR count). The number of benzene rings is 1. The Morgan fingerprint density at radius 1 is 1.27 bits per heavy atom. The quantitative estimate of drug-likeness (QED) is 0.935. The van der Waals surface area contributed by atoms with Crippen LogP contribution in [0.1, 0.15) is 23.0 Å². The van der Waals surface area contributed by atoms with Crippen molar-refractivity contribution in [3.63, 3.8) is 0 Å². The van der Waals surface area contributed by atoms with Crippen LogP contribution in [-0.4, -0.2) is 41.5 Å². The van der Waals surface area contributed by atoms with Gasteiger partial charge in [-0.05, 0) is 26.0 Å². The van der Waals surface area contributed by atoms with Gasteiger partial charge in [-0.2, -0.15) is 0 Å². The number of aromatic nitrogens is 2. The van der Waals surface area contributed by atoms with Gasteiger partial charge in [0.1, 0.15) is 5.75 Å². The van der Waals surface area contributed by atoms with Crippen molar-refractivity contribution in [2.45, 2.75) is 13.8 Å². The monoisotopic (exact) mass is 300 g/mol. The van der Waals surface area contributed by atoms with Gasteiger partial charge in [-0.25, -0.2) is 9.97 Å². The van der Waals surface area contributed by atoms with Crippen LogP contribution in [0, 0.1) is 6.92 Å². The summed E-state index contributed by atoms with van der Waals surface area (Å²) in [6.45, 7) is 4.18. The number of nitrogens with two attached hydrogens (primary N) is 1. The maximum Gasteiger partial charge on any atom is 0.257 e. The van der Waals surface area contributed by atoms with Crippen molar-refractivity contribution in [2.75, 3.05) is 26.4 Å². The third kappa shape index (κ3) is 3.00. The summed E-state index contributed by atoms with van der Waals surface area (Å²) in [7, 11) is 3.38. The molecule has 0 saturated heterocycles. The number of ether oxygens (including phenoxy) is 1. The topological polar surface area (TPSA) is 81.3 Å². The minimum absolute atomic E-state index is 0.133. The first-order chi connectivity index (χ1) is 10.5. The van der Waals surface area contributed by atoms with Gasteiger partial charge in [-0.1, -0.05) is 12.1 Å². The van der Waals surface area contributed by atoms with E-state index in [1.165, 1.54) is 4.90 Å². The van der Waals surface area contributed by atoms with Crippen molar-refractivity contribution in [2.24, 2.45) is 0 Å². The van der Waals surface area contributed by atoms with Gasteiger partial charge < -0.3 is 15.4 Å². The molecule has 0 aliphatic rings. The lowest BCUT2D eigenvalue weighted by molar-refractivity contribution is 0.0827. The third-order valence-electron chi connectivity index (χ3n) is 3.17. The molecule has 0 atom stereocenters. The number of rotatable bonds is 4. The maximum atomic E-state index is 12.5. The minimum Gasteiger partial charge on any atom is -0.493 e. The van der Waals surface area contributed by atoms with E-state index >= 15 is 0 Å². The molecular formula is C16H20N4O2. The number of nitrogens with zero attached hydrogens (tertiary/aromatic N) is 3. The van der Waals surface area contributed by atoms with Crippen LogP contribution >= 0.6 is 0 Å². The average Bonchev–Trinajstić information content (AvgIpc) is 2.46. The van der Waals surface area contributed by atoms with Crippen LogP contribution in [0.3, 0.4) is 0 Å². The summed E-state index contributed by atoms with van der Waals surface area (Å²) in [4.78, 5) is 22.4. The molecule has 6 nitrogen and oxygen atoms in total. The molecule has 0 unspecified atom stereocenters.